The van der Waals surface area contributed by atoms with Crippen molar-refractivity contribution in [2.75, 3.05) is 25.4 Å². The third-order valence-electron chi connectivity index (χ3n) is 6.14. The fourth-order valence-corrected chi connectivity index (χ4v) is 6.90. The summed E-state index contributed by atoms with van der Waals surface area (Å²) >= 11 is 0. The summed E-state index contributed by atoms with van der Waals surface area (Å²) in [6, 6.07) is 9.33. The molecule has 0 saturated carbocycles. The standard InChI is InChI=1S/C19H28N2O2S.ClH/c1-2-12-24(22,23)21-10-5-7-16-14-20-11-9-15-6-3-4-8-17(15)19(20)13-18(16)21;/h3-4,6,8,16,18-19H,2,5,7,9-14H2,1H3;1H/t16-,18+,19+;/m1./s1. The number of fused-ring (bicyclic) bond motifs is 4. The molecule has 1 aromatic rings. The van der Waals surface area contributed by atoms with Gasteiger partial charge in [-0.25, -0.2) is 8.42 Å². The lowest BCUT2D eigenvalue weighted by molar-refractivity contribution is 0.0220. The van der Waals surface area contributed by atoms with Crippen molar-refractivity contribution in [2.24, 2.45) is 5.92 Å². The molecular weight excluding hydrogens is 356 g/mol. The molecule has 0 bridgehead atoms. The summed E-state index contributed by atoms with van der Waals surface area (Å²) in [5.41, 5.74) is 2.89. The summed E-state index contributed by atoms with van der Waals surface area (Å²) in [5, 5.41) is 0. The minimum atomic E-state index is -3.10. The lowest BCUT2D eigenvalue weighted by Crippen LogP contribution is -2.57. The summed E-state index contributed by atoms with van der Waals surface area (Å²) in [5.74, 6) is 0.799. The van der Waals surface area contributed by atoms with Crippen LogP contribution >= 0.6 is 12.4 Å². The highest BCUT2D eigenvalue weighted by atomic mass is 35.5. The van der Waals surface area contributed by atoms with Crippen LogP contribution in [-0.4, -0.2) is 49.1 Å². The first-order chi connectivity index (χ1) is 11.6. The molecule has 0 radical (unpaired) electrons. The molecule has 4 nitrogen and oxygen atoms in total. The second kappa shape index (κ2) is 7.55. The first-order valence-electron chi connectivity index (χ1n) is 9.41. The Hall–Kier alpha value is -0.620. The monoisotopic (exact) mass is 384 g/mol. The van der Waals surface area contributed by atoms with E-state index >= 15 is 0 Å². The van der Waals surface area contributed by atoms with Gasteiger partial charge in [0.05, 0.1) is 5.75 Å². The average Bonchev–Trinajstić information content (AvgIpc) is 2.59. The minimum absolute atomic E-state index is 0. The van der Waals surface area contributed by atoms with Gasteiger partial charge in [0.2, 0.25) is 10.0 Å². The van der Waals surface area contributed by atoms with E-state index < -0.39 is 10.0 Å². The van der Waals surface area contributed by atoms with Crippen LogP contribution in [0.5, 0.6) is 0 Å². The Bertz CT molecular complexity index is 709. The van der Waals surface area contributed by atoms with E-state index in [0.29, 0.717) is 24.1 Å². The molecule has 0 aliphatic carbocycles. The van der Waals surface area contributed by atoms with Crippen molar-refractivity contribution in [1.82, 2.24) is 9.21 Å². The fraction of sp³-hybridized carbons (Fsp3) is 0.684. The minimum Gasteiger partial charge on any atom is -0.296 e. The molecule has 2 fully saturated rings. The van der Waals surface area contributed by atoms with Crippen molar-refractivity contribution in [3.05, 3.63) is 35.4 Å². The van der Waals surface area contributed by atoms with Gasteiger partial charge in [0.15, 0.2) is 0 Å². The van der Waals surface area contributed by atoms with Crippen molar-refractivity contribution in [3.63, 3.8) is 0 Å². The molecule has 0 aromatic heterocycles. The lowest BCUT2D eigenvalue weighted by atomic mass is 9.77. The van der Waals surface area contributed by atoms with E-state index in [4.69, 9.17) is 0 Å². The predicted molar refractivity (Wildman–Crippen MR) is 104 cm³/mol. The van der Waals surface area contributed by atoms with Gasteiger partial charge in [-0.2, -0.15) is 4.31 Å². The van der Waals surface area contributed by atoms with Gasteiger partial charge in [-0.05, 0) is 49.1 Å². The molecule has 0 unspecified atom stereocenters. The van der Waals surface area contributed by atoms with Gasteiger partial charge in [0.1, 0.15) is 0 Å². The molecule has 3 aliphatic heterocycles. The number of hydrogen-bond acceptors (Lipinski definition) is 3. The van der Waals surface area contributed by atoms with E-state index in [2.05, 4.69) is 29.2 Å². The van der Waals surface area contributed by atoms with Crippen molar-refractivity contribution in [3.8, 4) is 0 Å². The molecule has 140 valence electrons. The maximum absolute atomic E-state index is 12.8. The zero-order valence-corrected chi connectivity index (χ0v) is 16.6. The highest BCUT2D eigenvalue weighted by Gasteiger charge is 2.45. The van der Waals surface area contributed by atoms with Crippen LogP contribution in [0.25, 0.3) is 0 Å². The first-order valence-corrected chi connectivity index (χ1v) is 11.0. The number of hydrogen-bond donors (Lipinski definition) is 0. The Balaban J connectivity index is 0.00000182. The molecule has 3 heterocycles. The Morgan fingerprint density at radius 2 is 2.00 bits per heavy atom. The van der Waals surface area contributed by atoms with Crippen molar-refractivity contribution in [1.29, 1.82) is 0 Å². The van der Waals surface area contributed by atoms with Gasteiger partial charge in [0, 0.05) is 31.7 Å². The van der Waals surface area contributed by atoms with Crippen molar-refractivity contribution < 1.29 is 8.42 Å². The average molecular weight is 385 g/mol. The number of nitrogens with zero attached hydrogens (tertiary/aromatic N) is 2. The van der Waals surface area contributed by atoms with Gasteiger partial charge in [0.25, 0.3) is 0 Å². The Kier molecular flexibility index (Phi) is 5.78. The van der Waals surface area contributed by atoms with Crippen LogP contribution in [0, 0.1) is 5.92 Å². The zero-order valence-electron chi connectivity index (χ0n) is 14.9. The van der Waals surface area contributed by atoms with Gasteiger partial charge < -0.3 is 0 Å². The second-order valence-corrected chi connectivity index (χ2v) is 9.63. The van der Waals surface area contributed by atoms with Gasteiger partial charge >= 0.3 is 0 Å². The van der Waals surface area contributed by atoms with Crippen LogP contribution in [0.3, 0.4) is 0 Å². The summed E-state index contributed by atoms with van der Waals surface area (Å²) in [4.78, 5) is 2.61. The summed E-state index contributed by atoms with van der Waals surface area (Å²) in [7, 11) is -3.10. The smallest absolute Gasteiger partial charge is 0.214 e. The normalized spacial score (nSPS) is 29.9. The van der Waals surface area contributed by atoms with E-state index in [1.807, 2.05) is 11.2 Å². The molecule has 4 rings (SSSR count). The maximum Gasteiger partial charge on any atom is 0.214 e. The molecule has 0 spiro atoms. The summed E-state index contributed by atoms with van der Waals surface area (Å²) in [6.45, 7) is 4.85. The fourth-order valence-electron chi connectivity index (χ4n) is 5.07. The molecule has 25 heavy (non-hydrogen) atoms. The molecule has 1 aromatic carbocycles. The van der Waals surface area contributed by atoms with Crippen LogP contribution in [0.2, 0.25) is 0 Å². The van der Waals surface area contributed by atoms with Crippen LogP contribution in [0.1, 0.15) is 49.8 Å². The third kappa shape index (κ3) is 3.48. The van der Waals surface area contributed by atoms with Gasteiger partial charge in [-0.15, -0.1) is 12.4 Å². The number of sulfonamides is 1. The lowest BCUT2D eigenvalue weighted by Gasteiger charge is -2.51. The molecule has 2 saturated heterocycles. The SMILES string of the molecule is CCCS(=O)(=O)N1CCC[C@@H]2CN3CCc4ccccc4[C@@H]3C[C@@H]21.Cl. The summed E-state index contributed by atoms with van der Waals surface area (Å²) in [6.07, 6.45) is 4.98. The highest BCUT2D eigenvalue weighted by molar-refractivity contribution is 7.89. The number of rotatable bonds is 3. The van der Waals surface area contributed by atoms with E-state index in [1.165, 1.54) is 17.5 Å². The topological polar surface area (TPSA) is 40.6 Å². The summed E-state index contributed by atoms with van der Waals surface area (Å²) < 4.78 is 27.4. The van der Waals surface area contributed by atoms with Crippen molar-refractivity contribution in [2.45, 2.75) is 51.1 Å². The predicted octanol–water partition coefficient (Wildman–Crippen LogP) is 3.23. The maximum atomic E-state index is 12.8. The van der Waals surface area contributed by atoms with E-state index in [1.54, 1.807) is 0 Å². The van der Waals surface area contributed by atoms with Gasteiger partial charge in [-0.1, -0.05) is 31.2 Å². The van der Waals surface area contributed by atoms with Crippen LogP contribution in [0.15, 0.2) is 24.3 Å². The number of piperidine rings is 2. The zero-order chi connectivity index (χ0) is 16.7. The van der Waals surface area contributed by atoms with Crippen LogP contribution < -0.4 is 0 Å². The highest BCUT2D eigenvalue weighted by Crippen LogP contribution is 2.43. The molecule has 3 aliphatic rings. The number of halogens is 1. The molecule has 3 atom stereocenters. The molecule has 0 N–H and O–H groups in total. The van der Waals surface area contributed by atoms with E-state index in [0.717, 1.165) is 38.9 Å². The van der Waals surface area contributed by atoms with E-state index in [-0.39, 0.29) is 18.4 Å². The number of benzene rings is 1. The van der Waals surface area contributed by atoms with Crippen molar-refractivity contribution >= 4 is 22.4 Å². The first kappa shape index (κ1) is 19.2. The second-order valence-electron chi connectivity index (χ2n) is 7.59. The van der Waals surface area contributed by atoms with Gasteiger partial charge in [-0.3, -0.25) is 4.90 Å². The largest absolute Gasteiger partial charge is 0.296 e. The van der Waals surface area contributed by atoms with Crippen LogP contribution in [0.4, 0.5) is 0 Å². The Morgan fingerprint density at radius 1 is 1.20 bits per heavy atom. The molecule has 0 amide bonds. The Labute approximate surface area is 158 Å². The van der Waals surface area contributed by atoms with Crippen LogP contribution in [-0.2, 0) is 16.4 Å². The quantitative estimate of drug-likeness (QED) is 0.803. The Morgan fingerprint density at radius 3 is 2.80 bits per heavy atom. The van der Waals surface area contributed by atoms with E-state index in [9.17, 15) is 8.42 Å². The molecule has 6 heteroatoms. The third-order valence-corrected chi connectivity index (χ3v) is 8.24. The molecular formula is C19H29ClN2O2S.